The van der Waals surface area contributed by atoms with Crippen molar-refractivity contribution in [1.29, 1.82) is 0 Å². The first-order chi connectivity index (χ1) is 3.81. The molecule has 8 heavy (non-hydrogen) atoms. The average molecular weight is 130 g/mol. The molecule has 0 amide bonds. The van der Waals surface area contributed by atoms with Crippen LogP contribution in [0.15, 0.2) is 0 Å². The quantitative estimate of drug-likeness (QED) is 0.459. The minimum atomic E-state index is -1.35. The lowest BCUT2D eigenvalue weighted by molar-refractivity contribution is -0.127. The van der Waals surface area contributed by atoms with Crippen molar-refractivity contribution in [2.24, 2.45) is 0 Å². The highest BCUT2D eigenvalue weighted by Crippen LogP contribution is 2.42. The normalized spacial score (nSPS) is 34.1. The Bertz CT molecular complexity index is 103. The Morgan fingerprint density at radius 3 is 2.12 bits per heavy atom. The molecule has 2 saturated heterocycles. The van der Waals surface area contributed by atoms with E-state index in [0.29, 0.717) is 0 Å². The predicted octanol–water partition coefficient (Wildman–Crippen LogP) is 1.23. The van der Waals surface area contributed by atoms with Crippen LogP contribution in [-0.2, 0) is 8.85 Å². The molecule has 0 aromatic carbocycles. The van der Waals surface area contributed by atoms with Crippen LogP contribution in [0.2, 0.25) is 12.1 Å². The second kappa shape index (κ2) is 1.34. The summed E-state index contributed by atoms with van der Waals surface area (Å²) in [7, 11) is -1.35. The molecule has 0 N–H and O–H groups in total. The maximum absolute atomic E-state index is 5.48. The molecule has 0 aromatic heterocycles. The van der Waals surface area contributed by atoms with Crippen LogP contribution in [0.25, 0.3) is 0 Å². The Morgan fingerprint density at radius 1 is 1.38 bits per heavy atom. The summed E-state index contributed by atoms with van der Waals surface area (Å²) in [4.78, 5) is 0. The molecule has 2 fully saturated rings. The van der Waals surface area contributed by atoms with Crippen molar-refractivity contribution in [3.63, 3.8) is 0 Å². The Labute approximate surface area is 50.0 Å². The van der Waals surface area contributed by atoms with Gasteiger partial charge in [0.05, 0.1) is 0 Å². The molecule has 2 heterocycles. The van der Waals surface area contributed by atoms with Gasteiger partial charge in [-0.05, 0) is 25.4 Å². The molecule has 0 atom stereocenters. The first-order valence-corrected chi connectivity index (χ1v) is 5.39. The molecule has 2 rings (SSSR count). The fourth-order valence-electron chi connectivity index (χ4n) is 1.31. The highest BCUT2D eigenvalue weighted by atomic mass is 28.4. The van der Waals surface area contributed by atoms with Crippen molar-refractivity contribution in [1.82, 2.24) is 0 Å². The summed E-state index contributed by atoms with van der Waals surface area (Å²) in [6.45, 7) is 1.97. The summed E-state index contributed by atoms with van der Waals surface area (Å²) in [5.74, 6) is 0. The van der Waals surface area contributed by atoms with E-state index in [0.717, 1.165) is 0 Å². The molecule has 2 aliphatic rings. The number of hydrogen-bond acceptors (Lipinski definition) is 2. The molecule has 46 valence electrons. The molecule has 0 unspecified atom stereocenters. The average Bonchev–Trinajstić information content (AvgIpc) is 1.51. The number of rotatable bonds is 0. The minimum absolute atomic E-state index is 0.127. The topological polar surface area (TPSA) is 18.5 Å². The van der Waals surface area contributed by atoms with Crippen LogP contribution in [0, 0.1) is 0 Å². The Morgan fingerprint density at radius 2 is 2.00 bits per heavy atom. The molecule has 2 nitrogen and oxygen atoms in total. The SMILES string of the molecule is CC1O[Si]2(CCC2)O1. The van der Waals surface area contributed by atoms with Gasteiger partial charge in [-0.25, -0.2) is 0 Å². The van der Waals surface area contributed by atoms with Gasteiger partial charge in [0.25, 0.3) is 0 Å². The Kier molecular flexibility index (Phi) is 0.835. The van der Waals surface area contributed by atoms with Gasteiger partial charge >= 0.3 is 8.56 Å². The van der Waals surface area contributed by atoms with Crippen LogP contribution in [0.1, 0.15) is 13.3 Å². The first-order valence-electron chi connectivity index (χ1n) is 3.16. The second-order valence-corrected chi connectivity index (χ2v) is 5.86. The van der Waals surface area contributed by atoms with Gasteiger partial charge in [-0.3, -0.25) is 0 Å². The van der Waals surface area contributed by atoms with Gasteiger partial charge in [0, 0.05) is 0 Å². The van der Waals surface area contributed by atoms with Gasteiger partial charge in [0.15, 0.2) is 0 Å². The summed E-state index contributed by atoms with van der Waals surface area (Å²) in [6.07, 6.45) is 1.46. The zero-order valence-electron chi connectivity index (χ0n) is 5.02. The second-order valence-electron chi connectivity index (χ2n) is 2.57. The van der Waals surface area contributed by atoms with E-state index in [-0.39, 0.29) is 6.29 Å². The van der Waals surface area contributed by atoms with E-state index >= 15 is 0 Å². The lowest BCUT2D eigenvalue weighted by Crippen LogP contribution is -2.61. The lowest BCUT2D eigenvalue weighted by Gasteiger charge is -2.49. The Balaban J connectivity index is 1.92. The largest absolute Gasteiger partial charge is 0.368 e. The fraction of sp³-hybridized carbons (Fsp3) is 1.00. The predicted molar refractivity (Wildman–Crippen MR) is 31.6 cm³/mol. The zero-order chi connectivity index (χ0) is 5.61. The molecular formula is C5H10O2Si. The molecule has 0 radical (unpaired) electrons. The van der Waals surface area contributed by atoms with Crippen LogP contribution in [-0.4, -0.2) is 14.9 Å². The molecule has 0 bridgehead atoms. The summed E-state index contributed by atoms with van der Waals surface area (Å²) < 4.78 is 11.0. The summed E-state index contributed by atoms with van der Waals surface area (Å²) >= 11 is 0. The van der Waals surface area contributed by atoms with E-state index in [1.54, 1.807) is 0 Å². The summed E-state index contributed by atoms with van der Waals surface area (Å²) in [6, 6.07) is 2.49. The highest BCUT2D eigenvalue weighted by molar-refractivity contribution is 6.71. The standard InChI is InChI=1S/C5H10O2Si/c1-5-6-8(7-5)3-2-4-8/h5H,2-4H2,1H3. The molecule has 0 saturated carbocycles. The number of hydrogen-bond donors (Lipinski definition) is 0. The van der Waals surface area contributed by atoms with Crippen molar-refractivity contribution in [3.05, 3.63) is 0 Å². The van der Waals surface area contributed by atoms with Crippen molar-refractivity contribution in [2.75, 3.05) is 0 Å². The van der Waals surface area contributed by atoms with Crippen LogP contribution >= 0.6 is 0 Å². The molecule has 1 spiro atoms. The van der Waals surface area contributed by atoms with Gasteiger partial charge in [0.1, 0.15) is 6.29 Å². The summed E-state index contributed by atoms with van der Waals surface area (Å²) in [5.41, 5.74) is 0. The molecule has 0 aliphatic carbocycles. The highest BCUT2D eigenvalue weighted by Gasteiger charge is 2.53. The van der Waals surface area contributed by atoms with Crippen molar-refractivity contribution < 1.29 is 8.85 Å². The summed E-state index contributed by atoms with van der Waals surface area (Å²) in [5, 5.41) is 0. The molecule has 2 aliphatic heterocycles. The van der Waals surface area contributed by atoms with Crippen LogP contribution in [0.5, 0.6) is 0 Å². The van der Waals surface area contributed by atoms with Gasteiger partial charge < -0.3 is 8.85 Å². The maximum Gasteiger partial charge on any atom is 0.341 e. The third-order valence-electron chi connectivity index (χ3n) is 1.88. The van der Waals surface area contributed by atoms with Crippen molar-refractivity contribution >= 4 is 8.56 Å². The van der Waals surface area contributed by atoms with E-state index in [9.17, 15) is 0 Å². The van der Waals surface area contributed by atoms with Crippen LogP contribution in [0.3, 0.4) is 0 Å². The minimum Gasteiger partial charge on any atom is -0.368 e. The zero-order valence-corrected chi connectivity index (χ0v) is 6.02. The fourth-order valence-corrected chi connectivity index (χ4v) is 3.94. The lowest BCUT2D eigenvalue weighted by atomic mass is 10.5. The van der Waals surface area contributed by atoms with E-state index in [1.165, 1.54) is 18.5 Å². The third-order valence-corrected chi connectivity index (χ3v) is 5.63. The van der Waals surface area contributed by atoms with Crippen molar-refractivity contribution in [2.45, 2.75) is 31.7 Å². The maximum atomic E-state index is 5.48. The van der Waals surface area contributed by atoms with Gasteiger partial charge in [-0.2, -0.15) is 0 Å². The smallest absolute Gasteiger partial charge is 0.341 e. The molecule has 0 aromatic rings. The van der Waals surface area contributed by atoms with Gasteiger partial charge in [-0.15, -0.1) is 0 Å². The van der Waals surface area contributed by atoms with Crippen LogP contribution in [0.4, 0.5) is 0 Å². The van der Waals surface area contributed by atoms with Gasteiger partial charge in [0.2, 0.25) is 0 Å². The molecular weight excluding hydrogens is 120 g/mol. The van der Waals surface area contributed by atoms with E-state index in [1.807, 2.05) is 6.92 Å². The molecule has 3 heteroatoms. The first kappa shape index (κ1) is 4.96. The Hall–Kier alpha value is 0.137. The van der Waals surface area contributed by atoms with E-state index < -0.39 is 8.56 Å². The monoisotopic (exact) mass is 130 g/mol. The van der Waals surface area contributed by atoms with Crippen LogP contribution < -0.4 is 0 Å². The van der Waals surface area contributed by atoms with E-state index in [2.05, 4.69) is 0 Å². The van der Waals surface area contributed by atoms with Crippen molar-refractivity contribution in [3.8, 4) is 0 Å². The third kappa shape index (κ3) is 0.492. The van der Waals surface area contributed by atoms with E-state index in [4.69, 9.17) is 8.85 Å². The van der Waals surface area contributed by atoms with Gasteiger partial charge in [-0.1, -0.05) is 0 Å².